The minimum absolute atomic E-state index is 0. The van der Waals surface area contributed by atoms with Gasteiger partial charge in [-0.3, -0.25) is 9.97 Å². The van der Waals surface area contributed by atoms with E-state index < -0.39 is 5.41 Å². The third-order valence-electron chi connectivity index (χ3n) is 11.0. The van der Waals surface area contributed by atoms with E-state index in [1.54, 1.807) is 0 Å². The molecular weight excluding hydrogens is 907 g/mol. The molecular formula is C56H44IrN3. The van der Waals surface area contributed by atoms with Gasteiger partial charge in [0.25, 0.3) is 0 Å². The molecule has 0 radical (unpaired) electrons. The summed E-state index contributed by atoms with van der Waals surface area (Å²) in [5.41, 5.74) is 13.2. The Morgan fingerprint density at radius 1 is 0.383 bits per heavy atom. The van der Waals surface area contributed by atoms with Crippen LogP contribution >= 0.6 is 0 Å². The van der Waals surface area contributed by atoms with E-state index in [0.717, 1.165) is 39.5 Å². The van der Waals surface area contributed by atoms with E-state index in [9.17, 15) is 0 Å². The molecule has 0 bridgehead atoms. The fourth-order valence-corrected chi connectivity index (χ4v) is 7.40. The number of nitrogens with zero attached hydrogens (tertiary/aromatic N) is 3. The molecule has 0 aliphatic rings. The molecule has 0 amide bonds. The third kappa shape index (κ3) is 9.17. The first-order chi connectivity index (χ1) is 28.9. The average Bonchev–Trinajstić information content (AvgIpc) is 3.33. The third-order valence-corrected chi connectivity index (χ3v) is 11.0. The smallest absolute Gasteiger partial charge is 0.305 e. The summed E-state index contributed by atoms with van der Waals surface area (Å²) in [4.78, 5) is 14.5. The zero-order valence-corrected chi connectivity index (χ0v) is 36.3. The van der Waals surface area contributed by atoms with Gasteiger partial charge < -0.3 is 4.98 Å². The van der Waals surface area contributed by atoms with Crippen molar-refractivity contribution in [2.24, 2.45) is 0 Å². The van der Waals surface area contributed by atoms with Gasteiger partial charge in [-0.15, -0.1) is 47.0 Å². The number of hydrogen-bond acceptors (Lipinski definition) is 3. The number of benzene rings is 6. The molecule has 3 nitrogen and oxygen atoms in total. The molecule has 60 heavy (non-hydrogen) atoms. The van der Waals surface area contributed by atoms with Gasteiger partial charge in [0.1, 0.15) is 0 Å². The second kappa shape index (κ2) is 19.0. The van der Waals surface area contributed by atoms with Crippen LogP contribution in [-0.2, 0) is 30.9 Å². The number of pyridine rings is 3. The molecule has 1 unspecified atom stereocenters. The molecule has 0 aliphatic carbocycles. The topological polar surface area (TPSA) is 38.7 Å². The van der Waals surface area contributed by atoms with E-state index >= 15 is 0 Å². The van der Waals surface area contributed by atoms with Crippen LogP contribution in [0, 0.1) is 18.2 Å². The summed E-state index contributed by atoms with van der Waals surface area (Å²) in [5.74, 6) is 0. The van der Waals surface area contributed by atoms with Crippen LogP contribution in [0.2, 0.25) is 0 Å². The van der Waals surface area contributed by atoms with E-state index in [2.05, 4.69) is 153 Å². The number of rotatable bonds is 9. The van der Waals surface area contributed by atoms with Crippen LogP contribution in [0.5, 0.6) is 0 Å². The second-order valence-corrected chi connectivity index (χ2v) is 15.2. The van der Waals surface area contributed by atoms with Crippen LogP contribution in [0.15, 0.2) is 213 Å². The first kappa shape index (κ1) is 41.6. The Hall–Kier alpha value is -6.58. The molecule has 3 heterocycles. The molecule has 292 valence electrons. The van der Waals surface area contributed by atoms with Crippen LogP contribution in [0.4, 0.5) is 0 Å². The van der Waals surface area contributed by atoms with Gasteiger partial charge in [-0.2, -0.15) is 60.2 Å². The molecule has 0 aliphatic heterocycles. The Labute approximate surface area is 368 Å². The Morgan fingerprint density at radius 3 is 1.60 bits per heavy atom. The van der Waals surface area contributed by atoms with Crippen molar-refractivity contribution in [1.82, 2.24) is 15.0 Å². The largest absolute Gasteiger partial charge is 3.00 e. The van der Waals surface area contributed by atoms with Crippen molar-refractivity contribution in [3.05, 3.63) is 259 Å². The SMILES string of the molecule is CC(C)(c1[c-]ccc(-c2ccc(-c3ccccc3)cc2)c1)c1cccc(C(C)(c2[c-]cccc2)c2ccccn2)n1.[Ir+3].[c-]1ccccc1-c1cc(-c2ccccc2)ccn1. The summed E-state index contributed by atoms with van der Waals surface area (Å²) in [6.07, 6.45) is 3.69. The van der Waals surface area contributed by atoms with Crippen LogP contribution in [0.3, 0.4) is 0 Å². The molecule has 9 aromatic rings. The summed E-state index contributed by atoms with van der Waals surface area (Å²) < 4.78 is 0. The molecule has 0 saturated heterocycles. The van der Waals surface area contributed by atoms with Gasteiger partial charge in [-0.25, -0.2) is 0 Å². The Balaban J connectivity index is 0.000000239. The minimum atomic E-state index is -0.555. The van der Waals surface area contributed by atoms with Gasteiger partial charge in [0.05, 0.1) is 16.8 Å². The van der Waals surface area contributed by atoms with Crippen LogP contribution in [-0.4, -0.2) is 15.0 Å². The molecule has 0 fully saturated rings. The van der Waals surface area contributed by atoms with Crippen molar-refractivity contribution in [2.75, 3.05) is 0 Å². The predicted molar refractivity (Wildman–Crippen MR) is 242 cm³/mol. The molecule has 0 saturated carbocycles. The van der Waals surface area contributed by atoms with Crippen molar-refractivity contribution in [3.63, 3.8) is 0 Å². The summed E-state index contributed by atoms with van der Waals surface area (Å²) in [7, 11) is 0. The van der Waals surface area contributed by atoms with Crippen molar-refractivity contribution in [3.8, 4) is 44.6 Å². The van der Waals surface area contributed by atoms with Gasteiger partial charge in [0.15, 0.2) is 0 Å². The first-order valence-electron chi connectivity index (χ1n) is 19.9. The molecule has 0 spiro atoms. The first-order valence-corrected chi connectivity index (χ1v) is 19.9. The number of aromatic nitrogens is 3. The zero-order chi connectivity index (χ0) is 40.5. The minimum Gasteiger partial charge on any atom is -0.305 e. The summed E-state index contributed by atoms with van der Waals surface area (Å²) in [6.45, 7) is 6.63. The maximum atomic E-state index is 5.31. The summed E-state index contributed by atoms with van der Waals surface area (Å²) in [5, 5.41) is 0. The van der Waals surface area contributed by atoms with Gasteiger partial charge in [0.2, 0.25) is 0 Å². The van der Waals surface area contributed by atoms with Gasteiger partial charge in [0, 0.05) is 23.5 Å². The maximum Gasteiger partial charge on any atom is 3.00 e. The Kier molecular flexibility index (Phi) is 13.2. The second-order valence-electron chi connectivity index (χ2n) is 15.2. The summed E-state index contributed by atoms with van der Waals surface area (Å²) in [6, 6.07) is 78.7. The fraction of sp³-hybridized carbons (Fsp3) is 0.0893. The Bertz CT molecular complexity index is 2630. The molecule has 0 N–H and O–H groups in total. The predicted octanol–water partition coefficient (Wildman–Crippen LogP) is 13.3. The number of hydrogen-bond donors (Lipinski definition) is 0. The molecule has 3 aromatic heterocycles. The quantitative estimate of drug-likeness (QED) is 0.135. The summed E-state index contributed by atoms with van der Waals surface area (Å²) >= 11 is 0. The van der Waals surface area contributed by atoms with Crippen molar-refractivity contribution in [1.29, 1.82) is 0 Å². The van der Waals surface area contributed by atoms with E-state index in [1.807, 2.05) is 103 Å². The van der Waals surface area contributed by atoms with Crippen molar-refractivity contribution < 1.29 is 20.1 Å². The fourth-order valence-electron chi connectivity index (χ4n) is 7.40. The van der Waals surface area contributed by atoms with E-state index in [4.69, 9.17) is 9.97 Å². The van der Waals surface area contributed by atoms with E-state index in [-0.39, 0.29) is 25.5 Å². The van der Waals surface area contributed by atoms with Gasteiger partial charge in [-0.1, -0.05) is 117 Å². The standard InChI is InChI=1S/C39H32N2.C17H12N.Ir/c1-38(2,34-19-12-16-32(28-34)31-25-23-30(24-26-31)29-14-6-4-7-15-29)35-21-13-22-37(41-35)39(3,33-17-8-5-9-18-33)36-20-10-11-27-40-36;1-3-7-14(8-4-1)16-11-12-18-17(13-16)15-9-5-2-6-10-15;/h4-17,20-28H,1-3H3;1-9,11-13H;/q-2;-1;+3. The molecule has 1 atom stereocenters. The van der Waals surface area contributed by atoms with E-state index in [1.165, 1.54) is 33.4 Å². The van der Waals surface area contributed by atoms with Crippen molar-refractivity contribution >= 4 is 0 Å². The van der Waals surface area contributed by atoms with Crippen LogP contribution in [0.25, 0.3) is 44.6 Å². The van der Waals surface area contributed by atoms with Gasteiger partial charge >= 0.3 is 20.1 Å². The van der Waals surface area contributed by atoms with Crippen LogP contribution in [0.1, 0.15) is 49.0 Å². The zero-order valence-electron chi connectivity index (χ0n) is 33.9. The maximum absolute atomic E-state index is 5.31. The normalized spacial score (nSPS) is 11.9. The van der Waals surface area contributed by atoms with Crippen LogP contribution < -0.4 is 0 Å². The average molecular weight is 951 g/mol. The Morgan fingerprint density at radius 2 is 0.950 bits per heavy atom. The van der Waals surface area contributed by atoms with Crippen molar-refractivity contribution in [2.45, 2.75) is 31.6 Å². The van der Waals surface area contributed by atoms with Gasteiger partial charge in [-0.05, 0) is 70.8 Å². The molecule has 4 heteroatoms. The monoisotopic (exact) mass is 951 g/mol. The molecule has 9 rings (SSSR count). The molecule has 6 aromatic carbocycles. The van der Waals surface area contributed by atoms with E-state index in [0.29, 0.717) is 0 Å².